The van der Waals surface area contributed by atoms with E-state index in [2.05, 4.69) is 85.8 Å². The lowest BCUT2D eigenvalue weighted by Crippen LogP contribution is -2.23. The van der Waals surface area contributed by atoms with Gasteiger partial charge in [0, 0.05) is 6.04 Å². The molecule has 0 spiro atoms. The van der Waals surface area contributed by atoms with Crippen molar-refractivity contribution in [1.29, 1.82) is 0 Å². The Bertz CT molecular complexity index is 517. The monoisotopic (exact) mass is 282 g/mol. The second-order valence-corrected chi connectivity index (χ2v) is 5.82. The van der Waals surface area contributed by atoms with E-state index in [1.807, 2.05) is 0 Å². The first-order valence-corrected chi connectivity index (χ1v) is 7.70. The summed E-state index contributed by atoms with van der Waals surface area (Å²) in [5.41, 5.74) is 3.90. The van der Waals surface area contributed by atoms with Crippen molar-refractivity contribution in [2.45, 2.75) is 19.4 Å². The molecule has 0 saturated heterocycles. The first-order valence-electron chi connectivity index (χ1n) is 7.70. The van der Waals surface area contributed by atoms with E-state index in [9.17, 15) is 0 Å². The molecule has 1 N–H and O–H groups in total. The van der Waals surface area contributed by atoms with Crippen molar-refractivity contribution in [2.75, 3.05) is 27.2 Å². The highest BCUT2D eigenvalue weighted by molar-refractivity contribution is 5.63. The summed E-state index contributed by atoms with van der Waals surface area (Å²) in [5, 5.41) is 3.59. The van der Waals surface area contributed by atoms with E-state index in [0.29, 0.717) is 6.04 Å². The van der Waals surface area contributed by atoms with E-state index in [-0.39, 0.29) is 0 Å². The number of nitrogens with one attached hydrogen (secondary N) is 1. The molecule has 0 bridgehead atoms. The van der Waals surface area contributed by atoms with Crippen LogP contribution < -0.4 is 5.32 Å². The topological polar surface area (TPSA) is 15.3 Å². The predicted molar refractivity (Wildman–Crippen MR) is 91.5 cm³/mol. The van der Waals surface area contributed by atoms with E-state index in [1.54, 1.807) is 0 Å². The van der Waals surface area contributed by atoms with Crippen molar-refractivity contribution in [3.05, 3.63) is 60.2 Å². The SMILES string of the molecule is CC(NCCCN(C)C)c1ccc(-c2ccccc2)cc1. The fraction of sp³-hybridized carbons (Fsp3) is 0.368. The van der Waals surface area contributed by atoms with Crippen LogP contribution in [-0.4, -0.2) is 32.1 Å². The van der Waals surface area contributed by atoms with Crippen LogP contribution in [0.2, 0.25) is 0 Å². The van der Waals surface area contributed by atoms with Crippen LogP contribution >= 0.6 is 0 Å². The van der Waals surface area contributed by atoms with Gasteiger partial charge < -0.3 is 10.2 Å². The Morgan fingerprint density at radius 1 is 0.905 bits per heavy atom. The molecule has 2 nitrogen and oxygen atoms in total. The molecule has 2 rings (SSSR count). The Labute approximate surface area is 128 Å². The van der Waals surface area contributed by atoms with E-state index >= 15 is 0 Å². The highest BCUT2D eigenvalue weighted by Gasteiger charge is 2.05. The Kier molecular flexibility index (Phi) is 5.97. The van der Waals surface area contributed by atoms with Crippen molar-refractivity contribution < 1.29 is 0 Å². The molecule has 0 heterocycles. The summed E-state index contributed by atoms with van der Waals surface area (Å²) < 4.78 is 0. The normalized spacial score (nSPS) is 12.6. The molecule has 0 saturated carbocycles. The van der Waals surface area contributed by atoms with Crippen LogP contribution in [0, 0.1) is 0 Å². The third-order valence-corrected chi connectivity index (χ3v) is 3.75. The molecule has 0 aliphatic carbocycles. The van der Waals surface area contributed by atoms with Crippen LogP contribution in [0.25, 0.3) is 11.1 Å². The summed E-state index contributed by atoms with van der Waals surface area (Å²) in [5.74, 6) is 0. The molecule has 2 aromatic carbocycles. The highest BCUT2D eigenvalue weighted by Crippen LogP contribution is 2.21. The smallest absolute Gasteiger partial charge is 0.0291 e. The minimum absolute atomic E-state index is 0.400. The Hall–Kier alpha value is -1.64. The summed E-state index contributed by atoms with van der Waals surface area (Å²) in [6.45, 7) is 4.42. The Balaban J connectivity index is 1.89. The molecular formula is C19H26N2. The zero-order valence-electron chi connectivity index (χ0n) is 13.3. The summed E-state index contributed by atoms with van der Waals surface area (Å²) in [7, 11) is 4.23. The third kappa shape index (κ3) is 5.00. The fourth-order valence-corrected chi connectivity index (χ4v) is 2.43. The lowest BCUT2D eigenvalue weighted by atomic mass is 10.0. The van der Waals surface area contributed by atoms with Gasteiger partial charge in [0.25, 0.3) is 0 Å². The summed E-state index contributed by atoms with van der Waals surface area (Å²) in [6, 6.07) is 19.8. The Morgan fingerprint density at radius 3 is 2.14 bits per heavy atom. The second-order valence-electron chi connectivity index (χ2n) is 5.82. The van der Waals surface area contributed by atoms with Gasteiger partial charge in [-0.05, 0) is 57.2 Å². The van der Waals surface area contributed by atoms with Gasteiger partial charge in [-0.2, -0.15) is 0 Å². The van der Waals surface area contributed by atoms with Crippen LogP contribution in [0.5, 0.6) is 0 Å². The minimum Gasteiger partial charge on any atom is -0.310 e. The van der Waals surface area contributed by atoms with Crippen LogP contribution in [0.1, 0.15) is 24.9 Å². The second kappa shape index (κ2) is 7.96. The number of rotatable bonds is 7. The van der Waals surface area contributed by atoms with Gasteiger partial charge in [-0.1, -0.05) is 54.6 Å². The van der Waals surface area contributed by atoms with Gasteiger partial charge in [-0.15, -0.1) is 0 Å². The van der Waals surface area contributed by atoms with Gasteiger partial charge in [0.2, 0.25) is 0 Å². The van der Waals surface area contributed by atoms with Crippen molar-refractivity contribution in [2.24, 2.45) is 0 Å². The zero-order valence-corrected chi connectivity index (χ0v) is 13.3. The Morgan fingerprint density at radius 2 is 1.52 bits per heavy atom. The highest BCUT2D eigenvalue weighted by atomic mass is 15.1. The van der Waals surface area contributed by atoms with E-state index in [4.69, 9.17) is 0 Å². The largest absolute Gasteiger partial charge is 0.310 e. The maximum absolute atomic E-state index is 3.59. The van der Waals surface area contributed by atoms with Crippen LogP contribution in [-0.2, 0) is 0 Å². The lowest BCUT2D eigenvalue weighted by Gasteiger charge is -2.16. The maximum Gasteiger partial charge on any atom is 0.0291 e. The average Bonchev–Trinajstić information content (AvgIpc) is 2.52. The molecule has 0 aliphatic heterocycles. The van der Waals surface area contributed by atoms with Crippen LogP contribution in [0.15, 0.2) is 54.6 Å². The van der Waals surface area contributed by atoms with Gasteiger partial charge in [-0.25, -0.2) is 0 Å². The molecular weight excluding hydrogens is 256 g/mol. The number of hydrogen-bond acceptors (Lipinski definition) is 2. The molecule has 0 amide bonds. The molecule has 21 heavy (non-hydrogen) atoms. The minimum atomic E-state index is 0.400. The number of benzene rings is 2. The van der Waals surface area contributed by atoms with Crippen LogP contribution in [0.3, 0.4) is 0 Å². The first-order chi connectivity index (χ1) is 10.2. The zero-order chi connectivity index (χ0) is 15.1. The summed E-state index contributed by atoms with van der Waals surface area (Å²) >= 11 is 0. The van der Waals surface area contributed by atoms with Gasteiger partial charge in [0.1, 0.15) is 0 Å². The summed E-state index contributed by atoms with van der Waals surface area (Å²) in [4.78, 5) is 2.22. The van der Waals surface area contributed by atoms with Crippen molar-refractivity contribution in [3.63, 3.8) is 0 Å². The molecule has 0 aromatic heterocycles. The molecule has 112 valence electrons. The first kappa shape index (κ1) is 15.7. The maximum atomic E-state index is 3.59. The fourth-order valence-electron chi connectivity index (χ4n) is 2.43. The molecule has 0 radical (unpaired) electrons. The molecule has 0 aliphatic rings. The molecule has 1 unspecified atom stereocenters. The summed E-state index contributed by atoms with van der Waals surface area (Å²) in [6.07, 6.45) is 1.18. The van der Waals surface area contributed by atoms with Crippen molar-refractivity contribution >= 4 is 0 Å². The van der Waals surface area contributed by atoms with Gasteiger partial charge >= 0.3 is 0 Å². The predicted octanol–water partition coefficient (Wildman–Crippen LogP) is 3.96. The van der Waals surface area contributed by atoms with E-state index < -0.39 is 0 Å². The van der Waals surface area contributed by atoms with Crippen molar-refractivity contribution in [1.82, 2.24) is 10.2 Å². The van der Waals surface area contributed by atoms with Crippen molar-refractivity contribution in [3.8, 4) is 11.1 Å². The number of nitrogens with zero attached hydrogens (tertiary/aromatic N) is 1. The molecule has 2 aromatic rings. The number of hydrogen-bond donors (Lipinski definition) is 1. The lowest BCUT2D eigenvalue weighted by molar-refractivity contribution is 0.389. The average molecular weight is 282 g/mol. The molecule has 2 heteroatoms. The van der Waals surface area contributed by atoms with Crippen LogP contribution in [0.4, 0.5) is 0 Å². The van der Waals surface area contributed by atoms with Gasteiger partial charge in [0.05, 0.1) is 0 Å². The standard InChI is InChI=1S/C19H26N2/c1-16(20-14-7-15-21(2)3)17-10-12-19(13-11-17)18-8-5-4-6-9-18/h4-6,8-13,16,20H,7,14-15H2,1-3H3. The third-order valence-electron chi connectivity index (χ3n) is 3.75. The van der Waals surface area contributed by atoms with Gasteiger partial charge in [0.15, 0.2) is 0 Å². The van der Waals surface area contributed by atoms with E-state index in [1.165, 1.54) is 23.1 Å². The quantitative estimate of drug-likeness (QED) is 0.773. The van der Waals surface area contributed by atoms with E-state index in [0.717, 1.165) is 13.1 Å². The van der Waals surface area contributed by atoms with Gasteiger partial charge in [-0.3, -0.25) is 0 Å². The molecule has 1 atom stereocenters. The molecule has 0 fully saturated rings.